The van der Waals surface area contributed by atoms with Crippen molar-refractivity contribution in [2.45, 2.75) is 25.4 Å². The minimum atomic E-state index is -0.404. The third kappa shape index (κ3) is 9.19. The van der Waals surface area contributed by atoms with Crippen LogP contribution in [0.25, 0.3) is 11.6 Å². The molecule has 5 aromatic carbocycles. The molecule has 0 unspecified atom stereocenters. The van der Waals surface area contributed by atoms with Crippen molar-refractivity contribution >= 4 is 34.7 Å². The molecular formula is C43H41NO4. The van der Waals surface area contributed by atoms with E-state index >= 15 is 0 Å². The molecule has 0 saturated carbocycles. The number of benzene rings is 5. The Morgan fingerprint density at radius 2 is 1.19 bits per heavy atom. The minimum absolute atomic E-state index is 0.316. The second-order valence-electron chi connectivity index (χ2n) is 11.8. The molecule has 0 amide bonds. The van der Waals surface area contributed by atoms with Crippen LogP contribution in [-0.2, 0) is 31.8 Å². The first-order valence-electron chi connectivity index (χ1n) is 16.6. The van der Waals surface area contributed by atoms with E-state index in [1.54, 1.807) is 0 Å². The molecule has 1 saturated heterocycles. The van der Waals surface area contributed by atoms with E-state index in [4.69, 9.17) is 14.2 Å². The van der Waals surface area contributed by atoms with Gasteiger partial charge in [0, 0.05) is 36.2 Å². The number of carbonyl (C=O) groups is 1. The van der Waals surface area contributed by atoms with Crippen molar-refractivity contribution in [2.75, 3.05) is 31.3 Å². The van der Waals surface area contributed by atoms with Gasteiger partial charge in [0.2, 0.25) is 0 Å². The number of ether oxygens (including phenoxy) is 3. The van der Waals surface area contributed by atoms with Crippen molar-refractivity contribution in [1.29, 1.82) is 0 Å². The zero-order valence-electron chi connectivity index (χ0n) is 27.2. The molecule has 0 spiro atoms. The van der Waals surface area contributed by atoms with Gasteiger partial charge in [0.15, 0.2) is 0 Å². The second-order valence-corrected chi connectivity index (χ2v) is 11.8. The Balaban J connectivity index is 1.24. The Labute approximate surface area is 283 Å². The highest BCUT2D eigenvalue weighted by Crippen LogP contribution is 2.36. The number of hydrogen-bond acceptors (Lipinski definition) is 5. The maximum atomic E-state index is 11.5. The van der Waals surface area contributed by atoms with Crippen LogP contribution < -0.4 is 4.90 Å². The van der Waals surface area contributed by atoms with Gasteiger partial charge in [0.25, 0.3) is 0 Å². The monoisotopic (exact) mass is 635 g/mol. The molecule has 0 bridgehead atoms. The quantitative estimate of drug-likeness (QED) is 0.0356. The summed E-state index contributed by atoms with van der Waals surface area (Å²) in [4.78, 5) is 13.7. The second kappa shape index (κ2) is 16.6. The van der Waals surface area contributed by atoms with Crippen LogP contribution in [0.15, 0.2) is 146 Å². The lowest BCUT2D eigenvalue weighted by atomic mass is 9.95. The van der Waals surface area contributed by atoms with Gasteiger partial charge in [-0.25, -0.2) is 4.79 Å². The first-order chi connectivity index (χ1) is 23.7. The fraction of sp³-hybridized carbons (Fsp3) is 0.186. The summed E-state index contributed by atoms with van der Waals surface area (Å²) in [6.45, 7) is 6.09. The van der Waals surface area contributed by atoms with Crippen molar-refractivity contribution in [2.24, 2.45) is 0 Å². The summed E-state index contributed by atoms with van der Waals surface area (Å²) in [6, 6.07) is 46.8. The number of nitrogens with zero attached hydrogens (tertiary/aromatic N) is 1. The number of carbonyl (C=O) groups excluding carboxylic acids is 1. The zero-order chi connectivity index (χ0) is 33.0. The van der Waals surface area contributed by atoms with E-state index in [1.165, 1.54) is 28.3 Å². The molecule has 5 heteroatoms. The molecule has 1 aliphatic rings. The fourth-order valence-electron chi connectivity index (χ4n) is 5.60. The van der Waals surface area contributed by atoms with E-state index in [1.807, 2.05) is 12.1 Å². The van der Waals surface area contributed by atoms with Crippen LogP contribution in [0, 0.1) is 0 Å². The Bertz CT molecular complexity index is 1740. The lowest BCUT2D eigenvalue weighted by Crippen LogP contribution is -2.10. The van der Waals surface area contributed by atoms with Gasteiger partial charge in [-0.2, -0.15) is 0 Å². The maximum Gasteiger partial charge on any atom is 0.330 e. The van der Waals surface area contributed by atoms with Crippen molar-refractivity contribution in [3.63, 3.8) is 0 Å². The predicted octanol–water partition coefficient (Wildman–Crippen LogP) is 9.37. The van der Waals surface area contributed by atoms with E-state index in [9.17, 15) is 4.79 Å². The summed E-state index contributed by atoms with van der Waals surface area (Å²) < 4.78 is 16.3. The van der Waals surface area contributed by atoms with Crippen molar-refractivity contribution in [1.82, 2.24) is 0 Å². The van der Waals surface area contributed by atoms with Crippen LogP contribution in [0.4, 0.5) is 17.1 Å². The number of esters is 1. The van der Waals surface area contributed by atoms with E-state index in [-0.39, 0.29) is 0 Å². The molecule has 5 aromatic rings. The molecule has 48 heavy (non-hydrogen) atoms. The number of epoxide rings is 1. The Morgan fingerprint density at radius 1 is 0.688 bits per heavy atom. The van der Waals surface area contributed by atoms with Gasteiger partial charge in [0.05, 0.1) is 25.9 Å². The van der Waals surface area contributed by atoms with Gasteiger partial charge in [0.1, 0.15) is 0 Å². The lowest BCUT2D eigenvalue weighted by molar-refractivity contribution is -0.137. The highest BCUT2D eigenvalue weighted by atomic mass is 16.6. The number of hydrogen-bond donors (Lipinski definition) is 0. The molecule has 1 heterocycles. The standard InChI is InChI=1S/C43H41NO4/c1-2-43(45)47-30-26-34-15-21-39(22-16-34)44(38-19-13-33(14-20-38)25-28-46-29-27-41-32-48-41)40-23-17-35(18-24-40)31-42(36-9-5-3-6-10-36)37-11-7-4-8-12-37/h2-24,31,41H,1,25-30,32H2/t41-/m0/s1. The largest absolute Gasteiger partial charge is 0.462 e. The van der Waals surface area contributed by atoms with Crippen molar-refractivity contribution < 1.29 is 19.0 Å². The first-order valence-corrected chi connectivity index (χ1v) is 16.6. The molecule has 0 radical (unpaired) electrons. The summed E-state index contributed by atoms with van der Waals surface area (Å²) >= 11 is 0. The van der Waals surface area contributed by atoms with E-state index < -0.39 is 5.97 Å². The van der Waals surface area contributed by atoms with Gasteiger partial charge >= 0.3 is 5.97 Å². The highest BCUT2D eigenvalue weighted by Gasteiger charge is 2.21. The molecule has 0 N–H and O–H groups in total. The normalized spacial score (nSPS) is 13.4. The number of anilines is 3. The summed E-state index contributed by atoms with van der Waals surface area (Å²) in [5, 5.41) is 0. The molecule has 1 aliphatic heterocycles. The maximum absolute atomic E-state index is 11.5. The van der Waals surface area contributed by atoms with Crippen LogP contribution in [0.1, 0.15) is 34.2 Å². The highest BCUT2D eigenvalue weighted by molar-refractivity contribution is 5.91. The van der Waals surface area contributed by atoms with E-state index in [0.29, 0.717) is 25.7 Å². The average Bonchev–Trinajstić information content (AvgIpc) is 3.98. The smallest absolute Gasteiger partial charge is 0.330 e. The molecule has 1 atom stereocenters. The van der Waals surface area contributed by atoms with Crippen molar-refractivity contribution in [3.05, 3.63) is 174 Å². The Hall–Kier alpha value is -5.23. The molecule has 6 rings (SSSR count). The third-order valence-corrected chi connectivity index (χ3v) is 8.34. The van der Waals surface area contributed by atoms with E-state index in [0.717, 1.165) is 54.2 Å². The molecule has 5 nitrogen and oxygen atoms in total. The lowest BCUT2D eigenvalue weighted by Gasteiger charge is -2.26. The predicted molar refractivity (Wildman–Crippen MR) is 195 cm³/mol. The summed E-state index contributed by atoms with van der Waals surface area (Å²) in [5.41, 5.74) is 10.1. The molecule has 0 aliphatic carbocycles. The first kappa shape index (κ1) is 32.7. The summed E-state index contributed by atoms with van der Waals surface area (Å²) in [6.07, 6.45) is 6.32. The Kier molecular flexibility index (Phi) is 11.3. The van der Waals surface area contributed by atoms with Gasteiger partial charge < -0.3 is 19.1 Å². The fourth-order valence-corrected chi connectivity index (χ4v) is 5.60. The topological polar surface area (TPSA) is 51.3 Å². The van der Waals surface area contributed by atoms with Crippen molar-refractivity contribution in [3.8, 4) is 0 Å². The average molecular weight is 636 g/mol. The zero-order valence-corrected chi connectivity index (χ0v) is 27.2. The van der Waals surface area contributed by atoms with Gasteiger partial charge in [-0.15, -0.1) is 0 Å². The molecular weight excluding hydrogens is 594 g/mol. The molecule has 242 valence electrons. The Morgan fingerprint density at radius 3 is 1.69 bits per heavy atom. The number of rotatable bonds is 16. The SMILES string of the molecule is C=CC(=O)OCCc1ccc(N(c2ccc(C=C(c3ccccc3)c3ccccc3)cc2)c2ccc(CCOCC[C@H]3CO3)cc2)cc1. The van der Waals surface area contributed by atoms with Gasteiger partial charge in [-0.05, 0) is 88.7 Å². The van der Waals surface area contributed by atoms with Crippen LogP contribution in [0.2, 0.25) is 0 Å². The van der Waals surface area contributed by atoms with Crippen LogP contribution in [-0.4, -0.2) is 38.5 Å². The van der Waals surface area contributed by atoms with Crippen LogP contribution >= 0.6 is 0 Å². The van der Waals surface area contributed by atoms with E-state index in [2.05, 4.69) is 139 Å². The minimum Gasteiger partial charge on any atom is -0.462 e. The third-order valence-electron chi connectivity index (χ3n) is 8.34. The summed E-state index contributed by atoms with van der Waals surface area (Å²) in [5.74, 6) is -0.404. The van der Waals surface area contributed by atoms with Gasteiger partial charge in [-0.1, -0.05) is 104 Å². The van der Waals surface area contributed by atoms with Crippen LogP contribution in [0.3, 0.4) is 0 Å². The van der Waals surface area contributed by atoms with Crippen LogP contribution in [0.5, 0.6) is 0 Å². The molecule has 1 fully saturated rings. The van der Waals surface area contributed by atoms with Gasteiger partial charge in [-0.3, -0.25) is 0 Å². The molecule has 0 aromatic heterocycles. The summed E-state index contributed by atoms with van der Waals surface area (Å²) in [7, 11) is 0.